The summed E-state index contributed by atoms with van der Waals surface area (Å²) in [6.45, 7) is 4.92. The molecule has 0 aliphatic heterocycles. The predicted octanol–water partition coefficient (Wildman–Crippen LogP) is 4.32. The third kappa shape index (κ3) is 4.30. The normalized spacial score (nSPS) is 13.2. The number of aryl methyl sites for hydroxylation is 1. The van der Waals surface area contributed by atoms with E-state index in [2.05, 4.69) is 5.32 Å². The summed E-state index contributed by atoms with van der Waals surface area (Å²) >= 11 is 12.0. The van der Waals surface area contributed by atoms with Crippen molar-refractivity contribution in [3.05, 3.63) is 57.5 Å². The van der Waals surface area contributed by atoms with Crippen molar-refractivity contribution >= 4 is 35.1 Å². The van der Waals surface area contributed by atoms with Crippen LogP contribution in [0.4, 0.5) is 0 Å². The summed E-state index contributed by atoms with van der Waals surface area (Å²) < 4.78 is 10.2. The van der Waals surface area contributed by atoms with Gasteiger partial charge in [-0.2, -0.15) is 0 Å². The number of halogens is 2. The van der Waals surface area contributed by atoms with Gasteiger partial charge in [-0.25, -0.2) is 4.79 Å². The summed E-state index contributed by atoms with van der Waals surface area (Å²) in [5.74, 6) is -0.599. The van der Waals surface area contributed by atoms with Crippen molar-refractivity contribution in [2.45, 2.75) is 32.9 Å². The van der Waals surface area contributed by atoms with Crippen LogP contribution in [0.3, 0.4) is 0 Å². The van der Waals surface area contributed by atoms with Gasteiger partial charge in [0.25, 0.3) is 5.91 Å². The van der Waals surface area contributed by atoms with Gasteiger partial charge >= 0.3 is 5.97 Å². The zero-order valence-electron chi connectivity index (χ0n) is 13.4. The van der Waals surface area contributed by atoms with Gasteiger partial charge in [0, 0.05) is 10.0 Å². The molecule has 1 heterocycles. The van der Waals surface area contributed by atoms with Gasteiger partial charge in [-0.1, -0.05) is 29.3 Å². The van der Waals surface area contributed by atoms with Crippen molar-refractivity contribution in [2.75, 3.05) is 0 Å². The number of amides is 1. The number of esters is 1. The van der Waals surface area contributed by atoms with Crippen LogP contribution < -0.4 is 5.32 Å². The smallest absolute Gasteiger partial charge is 0.342 e. The average molecular weight is 370 g/mol. The minimum absolute atomic E-state index is 0.295. The zero-order chi connectivity index (χ0) is 17.9. The Hall–Kier alpha value is -1.98. The van der Waals surface area contributed by atoms with Crippen LogP contribution in [0.2, 0.25) is 10.0 Å². The molecule has 0 unspecified atom stereocenters. The van der Waals surface area contributed by atoms with Gasteiger partial charge in [0.15, 0.2) is 6.10 Å². The maximum atomic E-state index is 12.2. The predicted molar refractivity (Wildman–Crippen MR) is 91.3 cm³/mol. The van der Waals surface area contributed by atoms with E-state index >= 15 is 0 Å². The Morgan fingerprint density at radius 3 is 2.50 bits per heavy atom. The number of carbonyl (C=O) groups is 2. The Morgan fingerprint density at radius 1 is 1.21 bits per heavy atom. The van der Waals surface area contributed by atoms with Crippen molar-refractivity contribution in [3.63, 3.8) is 0 Å². The number of furan rings is 1. The van der Waals surface area contributed by atoms with Crippen molar-refractivity contribution in [1.29, 1.82) is 0 Å². The number of benzene rings is 1. The van der Waals surface area contributed by atoms with Crippen molar-refractivity contribution in [3.8, 4) is 0 Å². The van der Waals surface area contributed by atoms with E-state index in [0.29, 0.717) is 21.4 Å². The molecule has 2 rings (SSSR count). The quantitative estimate of drug-likeness (QED) is 0.796. The molecule has 1 aromatic heterocycles. The highest BCUT2D eigenvalue weighted by atomic mass is 35.5. The molecule has 0 spiro atoms. The van der Waals surface area contributed by atoms with Crippen LogP contribution >= 0.6 is 23.2 Å². The van der Waals surface area contributed by atoms with Crippen LogP contribution in [0.1, 0.15) is 41.6 Å². The second kappa shape index (κ2) is 7.73. The second-order valence-corrected chi connectivity index (χ2v) is 6.18. The van der Waals surface area contributed by atoms with Crippen LogP contribution in [0.5, 0.6) is 0 Å². The summed E-state index contributed by atoms with van der Waals surface area (Å²) in [7, 11) is 0. The molecule has 128 valence electrons. The lowest BCUT2D eigenvalue weighted by molar-refractivity contribution is -0.129. The minimum atomic E-state index is -0.958. The Bertz CT molecular complexity index is 757. The van der Waals surface area contributed by atoms with Crippen LogP contribution in [-0.4, -0.2) is 18.0 Å². The van der Waals surface area contributed by atoms with E-state index in [1.807, 2.05) is 0 Å². The van der Waals surface area contributed by atoms with E-state index in [4.69, 9.17) is 32.4 Å². The number of hydrogen-bond acceptors (Lipinski definition) is 4. The van der Waals surface area contributed by atoms with Gasteiger partial charge in [0.2, 0.25) is 0 Å². The molecule has 0 aliphatic rings. The first-order chi connectivity index (χ1) is 11.3. The van der Waals surface area contributed by atoms with Gasteiger partial charge in [0.05, 0.1) is 12.3 Å². The lowest BCUT2D eigenvalue weighted by Gasteiger charge is -2.19. The molecule has 24 heavy (non-hydrogen) atoms. The van der Waals surface area contributed by atoms with Gasteiger partial charge in [-0.3, -0.25) is 4.79 Å². The van der Waals surface area contributed by atoms with Crippen LogP contribution in [0.15, 0.2) is 34.9 Å². The molecular weight excluding hydrogens is 353 g/mol. The highest BCUT2D eigenvalue weighted by Crippen LogP contribution is 2.26. The molecule has 1 amide bonds. The Kier molecular flexibility index (Phi) is 5.91. The van der Waals surface area contributed by atoms with Gasteiger partial charge < -0.3 is 14.5 Å². The number of ether oxygens (including phenoxy) is 1. The maximum Gasteiger partial charge on any atom is 0.342 e. The molecule has 0 bridgehead atoms. The monoisotopic (exact) mass is 369 g/mol. The number of nitrogens with one attached hydrogen (secondary N) is 1. The van der Waals surface area contributed by atoms with E-state index < -0.39 is 18.0 Å². The molecule has 0 radical (unpaired) electrons. The number of rotatable bonds is 5. The topological polar surface area (TPSA) is 68.5 Å². The van der Waals surface area contributed by atoms with Crippen molar-refractivity contribution < 1.29 is 18.7 Å². The maximum absolute atomic E-state index is 12.2. The van der Waals surface area contributed by atoms with Crippen LogP contribution in [0.25, 0.3) is 0 Å². The molecule has 0 aliphatic carbocycles. The summed E-state index contributed by atoms with van der Waals surface area (Å²) in [5, 5.41) is 3.72. The van der Waals surface area contributed by atoms with Crippen molar-refractivity contribution in [1.82, 2.24) is 5.32 Å². The lowest BCUT2D eigenvalue weighted by atomic mass is 10.1. The fourth-order valence-electron chi connectivity index (χ4n) is 2.14. The molecule has 0 fully saturated rings. The Balaban J connectivity index is 1.98. The summed E-state index contributed by atoms with van der Waals surface area (Å²) in [6, 6.07) is 6.17. The first kappa shape index (κ1) is 18.4. The van der Waals surface area contributed by atoms with Crippen LogP contribution in [-0.2, 0) is 9.53 Å². The van der Waals surface area contributed by atoms with Gasteiger partial charge in [0.1, 0.15) is 11.3 Å². The fraction of sp³-hybridized carbons (Fsp3) is 0.294. The highest BCUT2D eigenvalue weighted by molar-refractivity contribution is 6.35. The van der Waals surface area contributed by atoms with E-state index in [-0.39, 0.29) is 6.04 Å². The molecule has 2 aromatic rings. The summed E-state index contributed by atoms with van der Waals surface area (Å²) in [5.41, 5.74) is 1.02. The molecule has 7 heteroatoms. The average Bonchev–Trinajstić information content (AvgIpc) is 2.93. The minimum Gasteiger partial charge on any atom is -0.469 e. The van der Waals surface area contributed by atoms with Gasteiger partial charge in [-0.15, -0.1) is 0 Å². The molecule has 5 nitrogen and oxygen atoms in total. The third-order valence-electron chi connectivity index (χ3n) is 3.52. The first-order valence-corrected chi connectivity index (χ1v) is 8.05. The largest absolute Gasteiger partial charge is 0.469 e. The molecule has 2 atom stereocenters. The zero-order valence-corrected chi connectivity index (χ0v) is 14.9. The fourth-order valence-corrected chi connectivity index (χ4v) is 2.71. The molecule has 1 aromatic carbocycles. The summed E-state index contributed by atoms with van der Waals surface area (Å²) in [6.07, 6.45) is 0.432. The molecule has 0 saturated heterocycles. The van der Waals surface area contributed by atoms with E-state index in [9.17, 15) is 9.59 Å². The SMILES string of the molecule is Cc1occc1C(=O)O[C@H](C)C(=O)N[C@@H](C)c1ccc(Cl)cc1Cl. The number of hydrogen-bond donors (Lipinski definition) is 1. The number of carbonyl (C=O) groups excluding carboxylic acids is 2. The van der Waals surface area contributed by atoms with E-state index in [0.717, 1.165) is 5.56 Å². The highest BCUT2D eigenvalue weighted by Gasteiger charge is 2.23. The third-order valence-corrected chi connectivity index (χ3v) is 4.08. The standard InChI is InChI=1S/C17H17Cl2NO4/c1-9(13-5-4-12(18)8-15(13)19)20-16(21)11(3)24-17(22)14-6-7-23-10(14)2/h4-9,11H,1-3H3,(H,20,21)/t9-,11+/m0/s1. The Morgan fingerprint density at radius 2 is 1.92 bits per heavy atom. The Labute approximate surface area is 149 Å². The first-order valence-electron chi connectivity index (χ1n) is 7.30. The lowest BCUT2D eigenvalue weighted by Crippen LogP contribution is -2.37. The second-order valence-electron chi connectivity index (χ2n) is 5.33. The molecule has 1 N–H and O–H groups in total. The molecular formula is C17H17Cl2NO4. The van der Waals surface area contributed by atoms with Crippen molar-refractivity contribution in [2.24, 2.45) is 0 Å². The van der Waals surface area contributed by atoms with Crippen LogP contribution in [0, 0.1) is 6.92 Å². The van der Waals surface area contributed by atoms with Gasteiger partial charge in [-0.05, 0) is 44.5 Å². The molecule has 0 saturated carbocycles. The van der Waals surface area contributed by atoms with E-state index in [1.165, 1.54) is 19.3 Å². The van der Waals surface area contributed by atoms with E-state index in [1.54, 1.807) is 32.0 Å². The summed E-state index contributed by atoms with van der Waals surface area (Å²) in [4.78, 5) is 24.2.